The maximum atomic E-state index is 12.2. The zero-order valence-electron chi connectivity index (χ0n) is 15.0. The largest absolute Gasteiger partial charge is 0.391 e. The van der Waals surface area contributed by atoms with E-state index in [-0.39, 0.29) is 12.2 Å². The monoisotopic (exact) mass is 378 g/mol. The van der Waals surface area contributed by atoms with Crippen molar-refractivity contribution in [2.75, 3.05) is 13.7 Å². The van der Waals surface area contributed by atoms with Crippen LogP contribution < -0.4 is 11.2 Å². The number of methoxy groups -OCH3 is 1. The van der Waals surface area contributed by atoms with Crippen LogP contribution in [0, 0.1) is 6.92 Å². The highest BCUT2D eigenvalue weighted by Crippen LogP contribution is 2.38. The molecule has 3 N–H and O–H groups in total. The Bertz CT molecular complexity index is 895. The first-order valence-electron chi connectivity index (χ1n) is 8.41. The molecule has 0 aliphatic carbocycles. The molecular weight excluding hydrogens is 356 g/mol. The number of benzene rings is 1. The van der Waals surface area contributed by atoms with Crippen molar-refractivity contribution in [2.24, 2.45) is 0 Å². The molecule has 0 spiro atoms. The molecule has 1 aliphatic heterocycles. The number of H-pyrrole nitrogens is 1. The summed E-state index contributed by atoms with van der Waals surface area (Å²) in [5.41, 5.74) is -0.0958. The Hall–Kier alpha value is -2.30. The second-order valence-electron chi connectivity index (χ2n) is 6.41. The molecule has 27 heavy (non-hydrogen) atoms. The third-order valence-corrected chi connectivity index (χ3v) is 4.54. The van der Waals surface area contributed by atoms with E-state index in [0.29, 0.717) is 0 Å². The second kappa shape index (κ2) is 7.75. The quantitative estimate of drug-likeness (QED) is 0.628. The fraction of sp³-hybridized carbons (Fsp3) is 0.444. The molecule has 0 bridgehead atoms. The van der Waals surface area contributed by atoms with Crippen LogP contribution in [0.4, 0.5) is 0 Å². The van der Waals surface area contributed by atoms with E-state index in [2.05, 4.69) is 4.98 Å². The van der Waals surface area contributed by atoms with E-state index < -0.39 is 42.1 Å². The minimum atomic E-state index is -2.08. The van der Waals surface area contributed by atoms with Crippen molar-refractivity contribution < 1.29 is 24.4 Å². The van der Waals surface area contributed by atoms with Crippen LogP contribution in [0.15, 0.2) is 46.1 Å². The number of hydrogen-bond acceptors (Lipinski definition) is 7. The van der Waals surface area contributed by atoms with Gasteiger partial charge in [0.05, 0.1) is 13.2 Å². The zero-order valence-corrected chi connectivity index (χ0v) is 15.0. The first kappa shape index (κ1) is 19.5. The van der Waals surface area contributed by atoms with Gasteiger partial charge in [0, 0.05) is 18.9 Å². The van der Waals surface area contributed by atoms with Crippen molar-refractivity contribution in [3.8, 4) is 0 Å². The molecule has 4 atom stereocenters. The molecule has 1 aliphatic rings. The van der Waals surface area contributed by atoms with E-state index in [1.165, 1.54) is 20.2 Å². The number of hydrogen-bond donors (Lipinski definition) is 3. The van der Waals surface area contributed by atoms with Crippen LogP contribution in [-0.4, -0.2) is 51.5 Å². The van der Waals surface area contributed by atoms with Gasteiger partial charge in [0.2, 0.25) is 5.79 Å². The number of nitrogens with one attached hydrogen (secondary N) is 1. The van der Waals surface area contributed by atoms with Crippen LogP contribution in [0.25, 0.3) is 0 Å². The molecule has 1 aromatic carbocycles. The predicted octanol–water partition coefficient (Wildman–Crippen LogP) is -0.345. The smallest absolute Gasteiger partial charge is 0.330 e. The molecule has 0 saturated carbocycles. The Morgan fingerprint density at radius 3 is 2.63 bits per heavy atom. The molecule has 9 nitrogen and oxygen atoms in total. The first-order valence-corrected chi connectivity index (χ1v) is 8.41. The number of nitrogens with zero attached hydrogens (tertiary/aromatic N) is 1. The Kier molecular flexibility index (Phi) is 5.59. The molecule has 0 amide bonds. The lowest BCUT2D eigenvalue weighted by Crippen LogP contribution is -2.48. The number of aliphatic hydroxyl groups excluding tert-OH is 1. The fourth-order valence-corrected chi connectivity index (χ4v) is 3.09. The van der Waals surface area contributed by atoms with Crippen molar-refractivity contribution >= 4 is 0 Å². The predicted molar refractivity (Wildman–Crippen MR) is 94.0 cm³/mol. The van der Waals surface area contributed by atoms with Crippen molar-refractivity contribution in [1.82, 2.24) is 9.55 Å². The van der Waals surface area contributed by atoms with E-state index in [1.54, 1.807) is 0 Å². The van der Waals surface area contributed by atoms with E-state index in [1.807, 2.05) is 30.3 Å². The topological polar surface area (TPSA) is 123 Å². The summed E-state index contributed by atoms with van der Waals surface area (Å²) < 4.78 is 17.9. The van der Waals surface area contributed by atoms with E-state index >= 15 is 0 Å². The van der Waals surface area contributed by atoms with Gasteiger partial charge in [0.25, 0.3) is 5.56 Å². The minimum absolute atomic E-state index is 0.142. The molecule has 2 aromatic rings. The third kappa shape index (κ3) is 3.73. The van der Waals surface area contributed by atoms with Gasteiger partial charge in [-0.2, -0.15) is 0 Å². The standard InChI is InChI=1S/C18H22N2O7/c1-11-8-20(17(23)19-15(11)22)16-13(25-2)14(18(24,10-21)27-16)26-9-12-6-4-3-5-7-12/h3-8,13-14,16,21,24H,9-10H2,1-2H3,(H,19,22,23)/t13-,14-,16-,18-/m1/s1. The SMILES string of the molecule is CO[C@H]1[C@H](n2cc(C)c(=O)[nH]c2=O)O[C@](O)(CO)[C@@H]1OCc1ccccc1. The molecule has 1 fully saturated rings. The number of aliphatic hydroxyl groups is 2. The zero-order chi connectivity index (χ0) is 19.6. The normalized spacial score (nSPS) is 27.8. The van der Waals surface area contributed by atoms with Gasteiger partial charge in [-0.05, 0) is 12.5 Å². The van der Waals surface area contributed by atoms with Gasteiger partial charge in [-0.1, -0.05) is 30.3 Å². The summed E-state index contributed by atoms with van der Waals surface area (Å²) >= 11 is 0. The number of aryl methyl sites for hydroxylation is 1. The lowest BCUT2D eigenvalue weighted by Gasteiger charge is -2.28. The molecular formula is C18H22N2O7. The summed E-state index contributed by atoms with van der Waals surface area (Å²) in [4.78, 5) is 26.0. The van der Waals surface area contributed by atoms with Crippen molar-refractivity contribution in [2.45, 2.75) is 37.8 Å². The van der Waals surface area contributed by atoms with E-state index in [0.717, 1.165) is 10.1 Å². The van der Waals surface area contributed by atoms with Gasteiger partial charge >= 0.3 is 5.69 Å². The number of aromatic nitrogens is 2. The molecule has 0 radical (unpaired) electrons. The highest BCUT2D eigenvalue weighted by molar-refractivity contribution is 5.14. The lowest BCUT2D eigenvalue weighted by atomic mass is 10.1. The maximum absolute atomic E-state index is 12.2. The average molecular weight is 378 g/mol. The van der Waals surface area contributed by atoms with Gasteiger partial charge < -0.3 is 24.4 Å². The molecule has 146 valence electrons. The van der Waals surface area contributed by atoms with Gasteiger partial charge in [0.1, 0.15) is 12.2 Å². The molecule has 1 saturated heterocycles. The average Bonchev–Trinajstić information content (AvgIpc) is 2.96. The molecule has 3 rings (SSSR count). The van der Waals surface area contributed by atoms with Crippen LogP contribution in [0.2, 0.25) is 0 Å². The van der Waals surface area contributed by atoms with Crippen LogP contribution in [0.1, 0.15) is 17.4 Å². The summed E-state index contributed by atoms with van der Waals surface area (Å²) in [6.45, 7) is 0.913. The van der Waals surface area contributed by atoms with Crippen LogP contribution in [0.3, 0.4) is 0 Å². The van der Waals surface area contributed by atoms with E-state index in [9.17, 15) is 19.8 Å². The van der Waals surface area contributed by atoms with Gasteiger partial charge in [-0.15, -0.1) is 0 Å². The molecule has 9 heteroatoms. The summed E-state index contributed by atoms with van der Waals surface area (Å²) in [5.74, 6) is -2.08. The number of ether oxygens (including phenoxy) is 3. The number of rotatable bonds is 6. The van der Waals surface area contributed by atoms with Gasteiger partial charge in [0.15, 0.2) is 6.23 Å². The Morgan fingerprint density at radius 1 is 1.30 bits per heavy atom. The second-order valence-corrected chi connectivity index (χ2v) is 6.41. The third-order valence-electron chi connectivity index (χ3n) is 4.54. The molecule has 2 heterocycles. The Morgan fingerprint density at radius 2 is 2.00 bits per heavy atom. The summed E-state index contributed by atoms with van der Waals surface area (Å²) in [7, 11) is 1.38. The highest BCUT2D eigenvalue weighted by atomic mass is 16.7. The van der Waals surface area contributed by atoms with Crippen LogP contribution in [0.5, 0.6) is 0 Å². The molecule has 0 unspecified atom stereocenters. The summed E-state index contributed by atoms with van der Waals surface area (Å²) in [5, 5.41) is 20.4. The van der Waals surface area contributed by atoms with Crippen LogP contribution >= 0.6 is 0 Å². The summed E-state index contributed by atoms with van der Waals surface area (Å²) in [6, 6.07) is 9.26. The van der Waals surface area contributed by atoms with Gasteiger partial charge in [-0.25, -0.2) is 4.79 Å². The first-order chi connectivity index (χ1) is 12.9. The fourth-order valence-electron chi connectivity index (χ4n) is 3.09. The lowest BCUT2D eigenvalue weighted by molar-refractivity contribution is -0.264. The Labute approximate surface area is 154 Å². The highest BCUT2D eigenvalue weighted by Gasteiger charge is 2.56. The number of aromatic amines is 1. The molecule has 1 aromatic heterocycles. The summed E-state index contributed by atoms with van der Waals surface area (Å²) in [6.07, 6.45) is -1.77. The Balaban J connectivity index is 1.92. The maximum Gasteiger partial charge on any atom is 0.330 e. The van der Waals surface area contributed by atoms with E-state index in [4.69, 9.17) is 14.2 Å². The van der Waals surface area contributed by atoms with Gasteiger partial charge in [-0.3, -0.25) is 14.3 Å². The van der Waals surface area contributed by atoms with Crippen molar-refractivity contribution in [3.05, 3.63) is 68.5 Å². The van der Waals surface area contributed by atoms with Crippen molar-refractivity contribution in [1.29, 1.82) is 0 Å². The van der Waals surface area contributed by atoms with Crippen molar-refractivity contribution in [3.63, 3.8) is 0 Å². The minimum Gasteiger partial charge on any atom is -0.391 e. The van der Waals surface area contributed by atoms with Crippen LogP contribution in [-0.2, 0) is 20.8 Å².